The molecular weight excluding hydrogens is 332 g/mol. The summed E-state index contributed by atoms with van der Waals surface area (Å²) in [5.74, 6) is 0.131. The van der Waals surface area contributed by atoms with Crippen molar-refractivity contribution < 1.29 is 4.79 Å². The van der Waals surface area contributed by atoms with Crippen molar-refractivity contribution in [3.63, 3.8) is 0 Å². The van der Waals surface area contributed by atoms with E-state index in [1.54, 1.807) is 30.3 Å². The zero-order valence-corrected chi connectivity index (χ0v) is 15.3. The van der Waals surface area contributed by atoms with Crippen molar-refractivity contribution in [1.82, 2.24) is 20.0 Å². The Morgan fingerprint density at radius 2 is 2.00 bits per heavy atom. The van der Waals surface area contributed by atoms with Gasteiger partial charge >= 0.3 is 0 Å². The summed E-state index contributed by atoms with van der Waals surface area (Å²) < 4.78 is 1.91. The van der Waals surface area contributed by atoms with E-state index in [2.05, 4.69) is 23.0 Å². The Kier molecular flexibility index (Phi) is 5.63. The monoisotopic (exact) mass is 354 g/mol. The van der Waals surface area contributed by atoms with Crippen LogP contribution in [0.3, 0.4) is 0 Å². The molecule has 130 valence electrons. The maximum absolute atomic E-state index is 11.7. The van der Waals surface area contributed by atoms with E-state index in [1.807, 2.05) is 41.1 Å². The summed E-state index contributed by atoms with van der Waals surface area (Å²) in [5, 5.41) is 10.2. The van der Waals surface area contributed by atoms with Crippen molar-refractivity contribution in [3.8, 4) is 16.3 Å². The summed E-state index contributed by atoms with van der Waals surface area (Å²) in [4.78, 5) is 14.4. The lowest BCUT2D eigenvalue weighted by atomic mass is 10.2. The molecule has 3 rings (SSSR count). The van der Waals surface area contributed by atoms with Crippen LogP contribution in [0.2, 0.25) is 0 Å². The van der Waals surface area contributed by atoms with Crippen LogP contribution in [0.5, 0.6) is 0 Å². The molecule has 0 radical (unpaired) electrons. The Labute approximate surface area is 151 Å². The fourth-order valence-electron chi connectivity index (χ4n) is 2.51. The molecule has 2 heterocycles. The summed E-state index contributed by atoms with van der Waals surface area (Å²) in [6, 6.07) is 14.2. The highest BCUT2D eigenvalue weighted by Gasteiger charge is 2.13. The molecule has 1 N–H and O–H groups in total. The van der Waals surface area contributed by atoms with Gasteiger partial charge in [-0.15, -0.1) is 11.3 Å². The van der Waals surface area contributed by atoms with Gasteiger partial charge in [0.1, 0.15) is 5.69 Å². The van der Waals surface area contributed by atoms with Crippen LogP contribution in [-0.2, 0) is 11.3 Å². The average molecular weight is 354 g/mol. The lowest BCUT2D eigenvalue weighted by molar-refractivity contribution is -0.128. The molecule has 0 aliphatic rings. The molecule has 0 unspecified atom stereocenters. The van der Waals surface area contributed by atoms with Gasteiger partial charge in [0.2, 0.25) is 5.91 Å². The van der Waals surface area contributed by atoms with E-state index in [9.17, 15) is 4.79 Å². The van der Waals surface area contributed by atoms with Gasteiger partial charge in [-0.25, -0.2) is 4.68 Å². The molecule has 25 heavy (non-hydrogen) atoms. The van der Waals surface area contributed by atoms with Crippen molar-refractivity contribution in [3.05, 3.63) is 59.6 Å². The van der Waals surface area contributed by atoms with Gasteiger partial charge < -0.3 is 10.2 Å². The summed E-state index contributed by atoms with van der Waals surface area (Å²) in [6.07, 6.45) is 2.55. The number of carbonyl (C=O) groups excluding carboxylic acids is 1. The number of amides is 1. The Bertz CT molecular complexity index is 809. The highest BCUT2D eigenvalue weighted by atomic mass is 32.1. The fraction of sp³-hybridized carbons (Fsp3) is 0.263. The van der Waals surface area contributed by atoms with Crippen LogP contribution < -0.4 is 5.32 Å². The van der Waals surface area contributed by atoms with Crippen molar-refractivity contribution >= 4 is 17.2 Å². The molecule has 0 spiro atoms. The lowest BCUT2D eigenvalue weighted by Gasteiger charge is -2.10. The molecular formula is C19H22N4OS. The molecule has 1 amide bonds. The van der Waals surface area contributed by atoms with Crippen LogP contribution in [0.25, 0.3) is 16.3 Å². The van der Waals surface area contributed by atoms with Crippen molar-refractivity contribution in [2.24, 2.45) is 0 Å². The minimum absolute atomic E-state index is 0.131. The highest BCUT2D eigenvalue weighted by molar-refractivity contribution is 7.13. The minimum atomic E-state index is 0.131. The molecule has 0 atom stereocenters. The van der Waals surface area contributed by atoms with Gasteiger partial charge in [0.15, 0.2) is 0 Å². The molecule has 0 aliphatic carbocycles. The zero-order valence-electron chi connectivity index (χ0n) is 14.5. The predicted molar refractivity (Wildman–Crippen MR) is 102 cm³/mol. The number of para-hydroxylation sites is 1. The van der Waals surface area contributed by atoms with E-state index >= 15 is 0 Å². The maximum atomic E-state index is 11.7. The first-order valence-electron chi connectivity index (χ1n) is 8.24. The second kappa shape index (κ2) is 8.09. The first-order chi connectivity index (χ1) is 12.1. The molecule has 0 bridgehead atoms. The number of benzene rings is 1. The summed E-state index contributed by atoms with van der Waals surface area (Å²) in [5.41, 5.74) is 3.16. The number of hydrogen-bond donors (Lipinski definition) is 1. The van der Waals surface area contributed by atoms with Crippen molar-refractivity contribution in [2.75, 3.05) is 20.6 Å². The largest absolute Gasteiger partial charge is 0.349 e. The molecule has 0 saturated carbocycles. The van der Waals surface area contributed by atoms with Crippen LogP contribution in [0.4, 0.5) is 0 Å². The second-order valence-electron chi connectivity index (χ2n) is 5.98. The Balaban J connectivity index is 1.75. The number of rotatable bonds is 7. The average Bonchev–Trinajstić information content (AvgIpc) is 3.28. The number of carbonyl (C=O) groups is 1. The van der Waals surface area contributed by atoms with E-state index in [1.165, 1.54) is 0 Å². The highest BCUT2D eigenvalue weighted by Crippen LogP contribution is 2.27. The van der Waals surface area contributed by atoms with Gasteiger partial charge in [0.25, 0.3) is 0 Å². The number of hydrogen-bond acceptors (Lipinski definition) is 4. The molecule has 6 heteroatoms. The summed E-state index contributed by atoms with van der Waals surface area (Å²) >= 11 is 1.68. The standard InChI is InChI=1S/C19H22N4OS/c1-22(2)18(24)10-11-20-13-15-14-23(16-7-4-3-5-8-16)21-19(15)17-9-6-12-25-17/h3-9,12,14,20H,10-11,13H2,1-2H3. The first-order valence-corrected chi connectivity index (χ1v) is 9.12. The first kappa shape index (κ1) is 17.4. The Hall–Kier alpha value is -2.44. The van der Waals surface area contributed by atoms with Gasteiger partial charge in [0, 0.05) is 45.4 Å². The van der Waals surface area contributed by atoms with E-state index in [4.69, 9.17) is 5.10 Å². The van der Waals surface area contributed by atoms with Gasteiger partial charge in [0.05, 0.1) is 10.6 Å². The molecule has 5 nitrogen and oxygen atoms in total. The van der Waals surface area contributed by atoms with Gasteiger partial charge in [-0.2, -0.15) is 5.10 Å². The quantitative estimate of drug-likeness (QED) is 0.663. The molecule has 1 aromatic carbocycles. The fourth-order valence-corrected chi connectivity index (χ4v) is 3.26. The van der Waals surface area contributed by atoms with Crippen LogP contribution in [0.15, 0.2) is 54.0 Å². The van der Waals surface area contributed by atoms with E-state index in [-0.39, 0.29) is 5.91 Å². The van der Waals surface area contributed by atoms with Crippen LogP contribution in [0.1, 0.15) is 12.0 Å². The number of nitrogens with zero attached hydrogens (tertiary/aromatic N) is 3. The van der Waals surface area contributed by atoms with Gasteiger partial charge in [-0.3, -0.25) is 4.79 Å². The molecule has 0 saturated heterocycles. The third-order valence-corrected chi connectivity index (χ3v) is 4.77. The van der Waals surface area contributed by atoms with Crippen LogP contribution >= 0.6 is 11.3 Å². The minimum Gasteiger partial charge on any atom is -0.349 e. The lowest BCUT2D eigenvalue weighted by Crippen LogP contribution is -2.26. The predicted octanol–water partition coefficient (Wildman–Crippen LogP) is 3.17. The van der Waals surface area contributed by atoms with E-state index in [0.717, 1.165) is 21.8 Å². The van der Waals surface area contributed by atoms with Crippen molar-refractivity contribution in [2.45, 2.75) is 13.0 Å². The topological polar surface area (TPSA) is 50.2 Å². The second-order valence-corrected chi connectivity index (χ2v) is 6.92. The molecule has 2 aromatic heterocycles. The van der Waals surface area contributed by atoms with E-state index < -0.39 is 0 Å². The Morgan fingerprint density at radius 3 is 2.68 bits per heavy atom. The zero-order chi connectivity index (χ0) is 17.6. The van der Waals surface area contributed by atoms with Crippen LogP contribution in [-0.4, -0.2) is 41.2 Å². The third kappa shape index (κ3) is 4.35. The molecule has 3 aromatic rings. The SMILES string of the molecule is CN(C)C(=O)CCNCc1cn(-c2ccccc2)nc1-c1cccs1. The van der Waals surface area contributed by atoms with Crippen molar-refractivity contribution in [1.29, 1.82) is 0 Å². The van der Waals surface area contributed by atoms with Crippen LogP contribution in [0, 0.1) is 0 Å². The summed E-state index contributed by atoms with van der Waals surface area (Å²) in [6.45, 7) is 1.33. The maximum Gasteiger partial charge on any atom is 0.223 e. The van der Waals surface area contributed by atoms with Gasteiger partial charge in [-0.05, 0) is 23.6 Å². The van der Waals surface area contributed by atoms with Gasteiger partial charge in [-0.1, -0.05) is 24.3 Å². The molecule has 0 aliphatic heterocycles. The normalized spacial score (nSPS) is 10.8. The number of nitrogens with one attached hydrogen (secondary N) is 1. The third-order valence-electron chi connectivity index (χ3n) is 3.90. The molecule has 0 fully saturated rings. The smallest absolute Gasteiger partial charge is 0.223 e. The van der Waals surface area contributed by atoms with E-state index in [0.29, 0.717) is 19.5 Å². The summed E-state index contributed by atoms with van der Waals surface area (Å²) in [7, 11) is 3.56. The Morgan fingerprint density at radius 1 is 1.20 bits per heavy atom. The number of aromatic nitrogens is 2. The number of thiophene rings is 1.